The second kappa shape index (κ2) is 4.23. The maximum Gasteiger partial charge on any atom is 0.235 e. The van der Waals surface area contributed by atoms with Gasteiger partial charge in [0.15, 0.2) is 0 Å². The zero-order valence-corrected chi connectivity index (χ0v) is 7.47. The molecule has 0 fully saturated rings. The Labute approximate surface area is 80.3 Å². The molecule has 1 amide bonds. The van der Waals surface area contributed by atoms with Gasteiger partial charge in [-0.1, -0.05) is 0 Å². The minimum atomic E-state index is -0.583. The van der Waals surface area contributed by atoms with Gasteiger partial charge in [0, 0.05) is 6.92 Å². The minimum absolute atomic E-state index is 0.0691. The molecule has 0 spiro atoms. The first kappa shape index (κ1) is 9.99. The van der Waals surface area contributed by atoms with Gasteiger partial charge in [-0.2, -0.15) is 5.26 Å². The zero-order chi connectivity index (χ0) is 10.6. The van der Waals surface area contributed by atoms with E-state index < -0.39 is 5.82 Å². The van der Waals surface area contributed by atoms with Crippen molar-refractivity contribution < 1.29 is 9.18 Å². The van der Waals surface area contributed by atoms with E-state index in [1.54, 1.807) is 6.07 Å². The predicted molar refractivity (Wildman–Crippen MR) is 48.6 cm³/mol. The summed E-state index contributed by atoms with van der Waals surface area (Å²) in [6, 6.07) is 5.58. The van der Waals surface area contributed by atoms with Crippen LogP contribution in [0.1, 0.15) is 12.5 Å². The van der Waals surface area contributed by atoms with Crippen molar-refractivity contribution in [1.29, 1.82) is 5.26 Å². The Bertz CT molecular complexity index is 398. The van der Waals surface area contributed by atoms with Crippen LogP contribution in [0.3, 0.4) is 0 Å². The highest BCUT2D eigenvalue weighted by Gasteiger charge is 2.02. The van der Waals surface area contributed by atoms with E-state index in [9.17, 15) is 9.18 Å². The maximum atomic E-state index is 12.8. The van der Waals surface area contributed by atoms with Crippen LogP contribution in [-0.4, -0.2) is 5.91 Å². The third-order valence-electron chi connectivity index (χ3n) is 1.47. The van der Waals surface area contributed by atoms with E-state index in [1.165, 1.54) is 19.1 Å². The van der Waals surface area contributed by atoms with Gasteiger partial charge in [0.2, 0.25) is 5.91 Å². The van der Waals surface area contributed by atoms with Gasteiger partial charge in [0.1, 0.15) is 11.9 Å². The first-order chi connectivity index (χ1) is 6.63. The SMILES string of the molecule is CC(=O)NNc1ccc(F)c(C#N)c1. The fourth-order valence-corrected chi connectivity index (χ4v) is 0.849. The van der Waals surface area contributed by atoms with Crippen molar-refractivity contribution in [2.75, 3.05) is 5.43 Å². The third-order valence-corrected chi connectivity index (χ3v) is 1.47. The van der Waals surface area contributed by atoms with E-state index in [0.29, 0.717) is 5.69 Å². The number of halogens is 1. The molecule has 1 aromatic rings. The van der Waals surface area contributed by atoms with Crippen molar-refractivity contribution >= 4 is 11.6 Å². The van der Waals surface area contributed by atoms with Crippen molar-refractivity contribution in [1.82, 2.24) is 5.43 Å². The molecule has 0 aromatic heterocycles. The number of amides is 1. The van der Waals surface area contributed by atoms with Gasteiger partial charge in [0.25, 0.3) is 0 Å². The molecule has 5 heteroatoms. The molecule has 1 aromatic carbocycles. The second-order valence-corrected chi connectivity index (χ2v) is 2.61. The molecule has 0 radical (unpaired) electrons. The summed E-state index contributed by atoms with van der Waals surface area (Å²) in [6.45, 7) is 1.34. The van der Waals surface area contributed by atoms with Crippen molar-refractivity contribution in [3.63, 3.8) is 0 Å². The van der Waals surface area contributed by atoms with Crippen LogP contribution in [0.15, 0.2) is 18.2 Å². The Kier molecular flexibility index (Phi) is 3.02. The third kappa shape index (κ3) is 2.45. The molecule has 0 saturated carbocycles. The predicted octanol–water partition coefficient (Wildman–Crippen LogP) is 1.16. The highest BCUT2D eigenvalue weighted by Crippen LogP contribution is 2.12. The largest absolute Gasteiger partial charge is 0.299 e. The van der Waals surface area contributed by atoms with Gasteiger partial charge >= 0.3 is 0 Å². The fraction of sp³-hybridized carbons (Fsp3) is 0.111. The topological polar surface area (TPSA) is 64.9 Å². The highest BCUT2D eigenvalue weighted by molar-refractivity contribution is 5.74. The van der Waals surface area contributed by atoms with Crippen molar-refractivity contribution in [3.8, 4) is 6.07 Å². The van der Waals surface area contributed by atoms with E-state index in [1.807, 2.05) is 0 Å². The molecule has 0 aliphatic rings. The van der Waals surface area contributed by atoms with Crippen LogP contribution in [0.5, 0.6) is 0 Å². The van der Waals surface area contributed by atoms with Crippen molar-refractivity contribution in [3.05, 3.63) is 29.6 Å². The number of carbonyl (C=O) groups excluding carboxylic acids is 1. The van der Waals surface area contributed by atoms with Gasteiger partial charge in [0.05, 0.1) is 11.3 Å². The number of carbonyl (C=O) groups is 1. The molecule has 0 aliphatic carbocycles. The van der Waals surface area contributed by atoms with E-state index in [2.05, 4.69) is 10.9 Å². The molecule has 0 atom stereocenters. The Morgan fingerprint density at radius 3 is 2.86 bits per heavy atom. The van der Waals surface area contributed by atoms with E-state index in [0.717, 1.165) is 6.07 Å². The average molecular weight is 193 g/mol. The smallest absolute Gasteiger partial charge is 0.235 e. The molecule has 72 valence electrons. The Morgan fingerprint density at radius 2 is 2.29 bits per heavy atom. The lowest BCUT2D eigenvalue weighted by atomic mass is 10.2. The summed E-state index contributed by atoms with van der Waals surface area (Å²) in [6.07, 6.45) is 0. The number of nitriles is 1. The van der Waals surface area contributed by atoms with E-state index in [4.69, 9.17) is 5.26 Å². The number of rotatable bonds is 2. The molecular formula is C9H8FN3O. The number of nitrogens with zero attached hydrogens (tertiary/aromatic N) is 1. The first-order valence-corrected chi connectivity index (χ1v) is 3.85. The van der Waals surface area contributed by atoms with Gasteiger partial charge in [-0.3, -0.25) is 15.6 Å². The molecular weight excluding hydrogens is 185 g/mol. The monoisotopic (exact) mass is 193 g/mol. The van der Waals surface area contributed by atoms with Crippen LogP contribution in [0, 0.1) is 17.1 Å². The number of nitrogens with one attached hydrogen (secondary N) is 2. The van der Waals surface area contributed by atoms with Crippen LogP contribution in [0.2, 0.25) is 0 Å². The standard InChI is InChI=1S/C9H8FN3O/c1-6(14)12-13-8-2-3-9(10)7(4-8)5-11/h2-4,13H,1H3,(H,12,14). The van der Waals surface area contributed by atoms with Crippen LogP contribution in [0.4, 0.5) is 10.1 Å². The van der Waals surface area contributed by atoms with Gasteiger partial charge in [-0.05, 0) is 18.2 Å². The molecule has 14 heavy (non-hydrogen) atoms. The highest BCUT2D eigenvalue weighted by atomic mass is 19.1. The number of hydrogen-bond acceptors (Lipinski definition) is 3. The van der Waals surface area contributed by atoms with Crippen LogP contribution in [0.25, 0.3) is 0 Å². The minimum Gasteiger partial charge on any atom is -0.299 e. The Morgan fingerprint density at radius 1 is 1.57 bits per heavy atom. The quantitative estimate of drug-likeness (QED) is 0.692. The molecule has 2 N–H and O–H groups in total. The lowest BCUT2D eigenvalue weighted by molar-refractivity contribution is -0.118. The van der Waals surface area contributed by atoms with Crippen LogP contribution < -0.4 is 10.9 Å². The summed E-state index contributed by atoms with van der Waals surface area (Å²) < 4.78 is 12.8. The maximum absolute atomic E-state index is 12.8. The molecule has 4 nitrogen and oxygen atoms in total. The fourth-order valence-electron chi connectivity index (χ4n) is 0.849. The number of benzene rings is 1. The summed E-state index contributed by atoms with van der Waals surface area (Å²) in [7, 11) is 0. The summed E-state index contributed by atoms with van der Waals surface area (Å²) in [4.78, 5) is 10.5. The molecule has 0 aliphatic heterocycles. The number of hydrogen-bond donors (Lipinski definition) is 2. The van der Waals surface area contributed by atoms with Crippen molar-refractivity contribution in [2.45, 2.75) is 6.92 Å². The molecule has 0 bridgehead atoms. The first-order valence-electron chi connectivity index (χ1n) is 3.85. The van der Waals surface area contributed by atoms with Gasteiger partial charge in [-0.15, -0.1) is 0 Å². The summed E-state index contributed by atoms with van der Waals surface area (Å²) in [5.41, 5.74) is 5.23. The van der Waals surface area contributed by atoms with Crippen LogP contribution >= 0.6 is 0 Å². The molecule has 1 rings (SSSR count). The Balaban J connectivity index is 2.80. The Hall–Kier alpha value is -2.09. The van der Waals surface area contributed by atoms with Gasteiger partial charge in [-0.25, -0.2) is 4.39 Å². The van der Waals surface area contributed by atoms with E-state index in [-0.39, 0.29) is 11.5 Å². The summed E-state index contributed by atoms with van der Waals surface area (Å²) in [5, 5.41) is 8.52. The van der Waals surface area contributed by atoms with Crippen LogP contribution in [-0.2, 0) is 4.79 Å². The molecule has 0 saturated heterocycles. The zero-order valence-electron chi connectivity index (χ0n) is 7.47. The van der Waals surface area contributed by atoms with Gasteiger partial charge < -0.3 is 0 Å². The summed E-state index contributed by atoms with van der Waals surface area (Å²) in [5.74, 6) is -0.853. The normalized spacial score (nSPS) is 8.93. The number of anilines is 1. The average Bonchev–Trinajstić information content (AvgIpc) is 2.16. The lowest BCUT2D eigenvalue weighted by Gasteiger charge is -2.06. The molecule has 0 unspecified atom stereocenters. The van der Waals surface area contributed by atoms with Crippen molar-refractivity contribution in [2.24, 2.45) is 0 Å². The molecule has 0 heterocycles. The van der Waals surface area contributed by atoms with E-state index >= 15 is 0 Å². The second-order valence-electron chi connectivity index (χ2n) is 2.61. The summed E-state index contributed by atoms with van der Waals surface area (Å²) >= 11 is 0. The number of hydrazine groups is 1. The lowest BCUT2D eigenvalue weighted by Crippen LogP contribution is -2.26.